The summed E-state index contributed by atoms with van der Waals surface area (Å²) in [6.45, 7) is 3.18. The lowest BCUT2D eigenvalue weighted by Gasteiger charge is -2.16. The van der Waals surface area contributed by atoms with Crippen LogP contribution in [-0.2, 0) is 11.8 Å². The molecule has 0 atom stereocenters. The Morgan fingerprint density at radius 2 is 1.82 bits per heavy atom. The van der Waals surface area contributed by atoms with Crippen LogP contribution in [-0.4, -0.2) is 10.1 Å². The van der Waals surface area contributed by atoms with Gasteiger partial charge in [-0.2, -0.15) is 13.2 Å². The van der Waals surface area contributed by atoms with Crippen molar-refractivity contribution in [3.05, 3.63) is 35.5 Å². The second-order valence-electron chi connectivity index (χ2n) is 4.52. The van der Waals surface area contributed by atoms with Crippen molar-refractivity contribution >= 4 is 10.9 Å². The topological polar surface area (TPSA) is 36.0 Å². The molecule has 0 saturated carbocycles. The molecule has 0 radical (unpaired) electrons. The van der Waals surface area contributed by atoms with Crippen LogP contribution in [0.1, 0.15) is 25.0 Å². The van der Waals surface area contributed by atoms with E-state index in [1.807, 2.05) is 0 Å². The highest BCUT2D eigenvalue weighted by Crippen LogP contribution is 2.34. The molecule has 0 fully saturated rings. The zero-order valence-corrected chi connectivity index (χ0v) is 9.39. The molecule has 5 heteroatoms. The molecule has 0 saturated heterocycles. The quantitative estimate of drug-likeness (QED) is 0.791. The first kappa shape index (κ1) is 12.0. The average Bonchev–Trinajstić information content (AvgIpc) is 2.57. The van der Waals surface area contributed by atoms with Gasteiger partial charge in [0.25, 0.3) is 0 Å². The summed E-state index contributed by atoms with van der Waals surface area (Å²) in [5.74, 6) is 0. The van der Waals surface area contributed by atoms with E-state index in [-0.39, 0.29) is 0 Å². The summed E-state index contributed by atoms with van der Waals surface area (Å²) in [6, 6.07) is 3.44. The SMILES string of the molecule is CC(C)(O)c1c[nH]c2cc(C(F)(F)F)ccc12. The van der Waals surface area contributed by atoms with Crippen LogP contribution in [0.2, 0.25) is 0 Å². The van der Waals surface area contributed by atoms with E-state index in [1.165, 1.54) is 12.3 Å². The van der Waals surface area contributed by atoms with Gasteiger partial charge in [-0.1, -0.05) is 6.07 Å². The first-order valence-electron chi connectivity index (χ1n) is 5.11. The van der Waals surface area contributed by atoms with Crippen LogP contribution < -0.4 is 0 Å². The van der Waals surface area contributed by atoms with Gasteiger partial charge in [-0.15, -0.1) is 0 Å². The highest BCUT2D eigenvalue weighted by Gasteiger charge is 2.31. The molecule has 1 aromatic heterocycles. The largest absolute Gasteiger partial charge is 0.416 e. The Hall–Kier alpha value is -1.49. The number of H-pyrrole nitrogens is 1. The minimum atomic E-state index is -4.35. The molecule has 0 spiro atoms. The number of hydrogen-bond donors (Lipinski definition) is 2. The minimum absolute atomic E-state index is 0.372. The van der Waals surface area contributed by atoms with E-state index in [2.05, 4.69) is 4.98 Å². The van der Waals surface area contributed by atoms with E-state index in [0.717, 1.165) is 12.1 Å². The van der Waals surface area contributed by atoms with E-state index < -0.39 is 17.3 Å². The molecule has 2 aromatic rings. The predicted octanol–water partition coefficient (Wildman–Crippen LogP) is 3.41. The number of nitrogens with one attached hydrogen (secondary N) is 1. The molecule has 1 aromatic carbocycles. The van der Waals surface area contributed by atoms with Gasteiger partial charge in [0.2, 0.25) is 0 Å². The molecule has 0 aliphatic heterocycles. The van der Waals surface area contributed by atoms with Gasteiger partial charge in [-0.3, -0.25) is 0 Å². The molecule has 0 aliphatic carbocycles. The van der Waals surface area contributed by atoms with Gasteiger partial charge in [0, 0.05) is 22.7 Å². The maximum absolute atomic E-state index is 12.5. The summed E-state index contributed by atoms with van der Waals surface area (Å²) in [7, 11) is 0. The Morgan fingerprint density at radius 3 is 2.35 bits per heavy atom. The second-order valence-corrected chi connectivity index (χ2v) is 4.52. The van der Waals surface area contributed by atoms with Crippen molar-refractivity contribution in [1.29, 1.82) is 0 Å². The molecule has 17 heavy (non-hydrogen) atoms. The number of alkyl halides is 3. The summed E-state index contributed by atoms with van der Waals surface area (Å²) in [5, 5.41) is 10.5. The highest BCUT2D eigenvalue weighted by molar-refractivity contribution is 5.84. The number of aromatic nitrogens is 1. The van der Waals surface area contributed by atoms with Gasteiger partial charge >= 0.3 is 6.18 Å². The summed E-state index contributed by atoms with van der Waals surface area (Å²) >= 11 is 0. The van der Waals surface area contributed by atoms with Crippen LogP contribution in [0.4, 0.5) is 13.2 Å². The normalized spacial score (nSPS) is 13.3. The molecular formula is C12H12F3NO. The summed E-state index contributed by atoms with van der Waals surface area (Å²) < 4.78 is 37.5. The lowest BCUT2D eigenvalue weighted by molar-refractivity contribution is -0.137. The third-order valence-electron chi connectivity index (χ3n) is 2.67. The molecular weight excluding hydrogens is 231 g/mol. The van der Waals surface area contributed by atoms with Crippen LogP contribution >= 0.6 is 0 Å². The molecule has 2 rings (SSSR count). The monoisotopic (exact) mass is 243 g/mol. The van der Waals surface area contributed by atoms with Crippen LogP contribution in [0.3, 0.4) is 0 Å². The predicted molar refractivity (Wildman–Crippen MR) is 58.5 cm³/mol. The first-order chi connectivity index (χ1) is 7.69. The summed E-state index contributed by atoms with van der Waals surface area (Å²) in [4.78, 5) is 2.75. The lowest BCUT2D eigenvalue weighted by Crippen LogP contribution is -2.14. The Labute approximate surface area is 96.1 Å². The van der Waals surface area contributed by atoms with E-state index in [1.54, 1.807) is 13.8 Å². The van der Waals surface area contributed by atoms with Crippen molar-refractivity contribution in [1.82, 2.24) is 4.98 Å². The number of fused-ring (bicyclic) bond motifs is 1. The van der Waals surface area contributed by atoms with Crippen LogP contribution in [0.25, 0.3) is 10.9 Å². The van der Waals surface area contributed by atoms with Gasteiger partial charge in [-0.05, 0) is 26.0 Å². The Balaban J connectivity index is 2.61. The second kappa shape index (κ2) is 3.50. The van der Waals surface area contributed by atoms with Crippen molar-refractivity contribution in [2.24, 2.45) is 0 Å². The summed E-state index contributed by atoms with van der Waals surface area (Å²) in [6.07, 6.45) is -2.82. The van der Waals surface area contributed by atoms with Crippen LogP contribution in [0.5, 0.6) is 0 Å². The number of aliphatic hydroxyl groups is 1. The Bertz CT molecular complexity index is 549. The number of benzene rings is 1. The lowest BCUT2D eigenvalue weighted by atomic mass is 9.97. The smallest absolute Gasteiger partial charge is 0.386 e. The minimum Gasteiger partial charge on any atom is -0.386 e. The third kappa shape index (κ3) is 2.15. The molecule has 2 N–H and O–H groups in total. The first-order valence-corrected chi connectivity index (χ1v) is 5.11. The van der Waals surface area contributed by atoms with Gasteiger partial charge in [-0.25, -0.2) is 0 Å². The number of rotatable bonds is 1. The number of aromatic amines is 1. The fourth-order valence-corrected chi connectivity index (χ4v) is 1.81. The fraction of sp³-hybridized carbons (Fsp3) is 0.333. The highest BCUT2D eigenvalue weighted by atomic mass is 19.4. The van der Waals surface area contributed by atoms with E-state index in [0.29, 0.717) is 16.5 Å². The van der Waals surface area contributed by atoms with Crippen LogP contribution in [0, 0.1) is 0 Å². The van der Waals surface area contributed by atoms with Crippen molar-refractivity contribution in [3.8, 4) is 0 Å². The Kier molecular flexibility index (Phi) is 2.47. The molecule has 1 heterocycles. The van der Waals surface area contributed by atoms with Crippen molar-refractivity contribution in [2.45, 2.75) is 25.6 Å². The Morgan fingerprint density at radius 1 is 1.18 bits per heavy atom. The van der Waals surface area contributed by atoms with Crippen molar-refractivity contribution in [2.75, 3.05) is 0 Å². The maximum atomic E-state index is 12.5. The average molecular weight is 243 g/mol. The fourth-order valence-electron chi connectivity index (χ4n) is 1.81. The van der Waals surface area contributed by atoms with Gasteiger partial charge < -0.3 is 10.1 Å². The van der Waals surface area contributed by atoms with Gasteiger partial charge in [0.15, 0.2) is 0 Å². The van der Waals surface area contributed by atoms with Gasteiger partial charge in [0.1, 0.15) is 0 Å². The molecule has 0 aliphatic rings. The number of hydrogen-bond acceptors (Lipinski definition) is 1. The molecule has 92 valence electrons. The van der Waals surface area contributed by atoms with Gasteiger partial charge in [0.05, 0.1) is 11.2 Å². The molecule has 0 unspecified atom stereocenters. The van der Waals surface area contributed by atoms with E-state index in [9.17, 15) is 18.3 Å². The van der Waals surface area contributed by atoms with Crippen molar-refractivity contribution in [3.63, 3.8) is 0 Å². The maximum Gasteiger partial charge on any atom is 0.416 e. The summed E-state index contributed by atoms with van der Waals surface area (Å²) in [5.41, 5.74) is -0.829. The van der Waals surface area contributed by atoms with E-state index in [4.69, 9.17) is 0 Å². The third-order valence-corrected chi connectivity index (χ3v) is 2.67. The number of halogens is 3. The zero-order chi connectivity index (χ0) is 12.8. The molecule has 0 bridgehead atoms. The van der Waals surface area contributed by atoms with E-state index >= 15 is 0 Å². The van der Waals surface area contributed by atoms with Crippen LogP contribution in [0.15, 0.2) is 24.4 Å². The molecule has 2 nitrogen and oxygen atoms in total. The standard InChI is InChI=1S/C12H12F3NO/c1-11(2,17)9-6-16-10-5-7(12(13,14)15)3-4-8(9)10/h3-6,16-17H,1-2H3. The zero-order valence-electron chi connectivity index (χ0n) is 9.39. The van der Waals surface area contributed by atoms with Crippen molar-refractivity contribution < 1.29 is 18.3 Å². The molecule has 0 amide bonds.